The summed E-state index contributed by atoms with van der Waals surface area (Å²) in [5, 5.41) is 0.823. The number of carbonyl (C=O) groups is 1. The molecule has 3 aromatic rings. The number of esters is 1. The smallest absolute Gasteiger partial charge is 0.337 e. The topological polar surface area (TPSA) is 76.6 Å². The van der Waals surface area contributed by atoms with E-state index in [0.717, 1.165) is 28.1 Å². The number of carbonyl (C=O) groups excluding carboxylic acids is 1. The summed E-state index contributed by atoms with van der Waals surface area (Å²) in [6.45, 7) is 0.460. The van der Waals surface area contributed by atoms with Gasteiger partial charge < -0.3 is 4.74 Å². The number of ether oxygens (including phenoxy) is 1. The van der Waals surface area contributed by atoms with Gasteiger partial charge in [-0.2, -0.15) is 4.31 Å². The lowest BCUT2D eigenvalue weighted by Gasteiger charge is -2.22. The molecule has 1 fully saturated rings. The van der Waals surface area contributed by atoms with Crippen molar-refractivity contribution in [3.05, 3.63) is 59.1 Å². The van der Waals surface area contributed by atoms with Crippen LogP contribution in [-0.2, 0) is 14.8 Å². The Balaban J connectivity index is 1.66. The molecule has 2 heterocycles. The predicted octanol–water partition coefficient (Wildman–Crippen LogP) is 3.61. The van der Waals surface area contributed by atoms with Crippen LogP contribution < -0.4 is 0 Å². The molecule has 140 valence electrons. The fourth-order valence-electron chi connectivity index (χ4n) is 3.32. The monoisotopic (exact) mass is 402 g/mol. The lowest BCUT2D eigenvalue weighted by Crippen LogP contribution is -2.30. The average Bonchev–Trinajstić information content (AvgIpc) is 3.34. The lowest BCUT2D eigenvalue weighted by molar-refractivity contribution is 0.0600. The molecule has 0 bridgehead atoms. The minimum Gasteiger partial charge on any atom is -0.465 e. The van der Waals surface area contributed by atoms with Crippen LogP contribution >= 0.6 is 11.3 Å². The van der Waals surface area contributed by atoms with E-state index in [-0.39, 0.29) is 10.9 Å². The van der Waals surface area contributed by atoms with Crippen molar-refractivity contribution in [2.45, 2.75) is 23.8 Å². The molecule has 1 unspecified atom stereocenters. The van der Waals surface area contributed by atoms with E-state index >= 15 is 0 Å². The molecule has 0 N–H and O–H groups in total. The van der Waals surface area contributed by atoms with Gasteiger partial charge in [0.15, 0.2) is 0 Å². The summed E-state index contributed by atoms with van der Waals surface area (Å²) in [5.41, 5.74) is 1.21. The molecule has 0 radical (unpaired) electrons. The summed E-state index contributed by atoms with van der Waals surface area (Å²) in [5.74, 6) is -0.493. The third-order valence-corrected chi connectivity index (χ3v) is 7.74. The molecule has 0 amide bonds. The summed E-state index contributed by atoms with van der Waals surface area (Å²) in [6.07, 6.45) is 1.54. The standard InChI is InChI=1S/C19H18N2O4S2/c1-25-19(22)13-8-10-14(11-9-13)27(23,24)21-12-4-6-16(21)18-20-15-5-2-3-7-17(15)26-18/h2-3,5,7-11,16H,4,6,12H2,1H3. The second-order valence-electron chi connectivity index (χ2n) is 6.31. The number of hydrogen-bond donors (Lipinski definition) is 0. The van der Waals surface area contributed by atoms with Gasteiger partial charge in [0.2, 0.25) is 10.0 Å². The van der Waals surface area contributed by atoms with E-state index in [9.17, 15) is 13.2 Å². The fourth-order valence-corrected chi connectivity index (χ4v) is 6.17. The molecule has 27 heavy (non-hydrogen) atoms. The Morgan fingerprint density at radius 1 is 1.19 bits per heavy atom. The first-order chi connectivity index (χ1) is 13.0. The first kappa shape index (κ1) is 18.1. The molecule has 1 aromatic heterocycles. The van der Waals surface area contributed by atoms with Crippen molar-refractivity contribution in [1.82, 2.24) is 9.29 Å². The number of thiazole rings is 1. The van der Waals surface area contributed by atoms with Crippen molar-refractivity contribution < 1.29 is 17.9 Å². The Morgan fingerprint density at radius 3 is 2.63 bits per heavy atom. The van der Waals surface area contributed by atoms with Crippen molar-refractivity contribution in [3.8, 4) is 0 Å². The maximum absolute atomic E-state index is 13.2. The first-order valence-electron chi connectivity index (χ1n) is 8.56. The van der Waals surface area contributed by atoms with E-state index in [4.69, 9.17) is 0 Å². The van der Waals surface area contributed by atoms with Gasteiger partial charge in [0, 0.05) is 6.54 Å². The maximum atomic E-state index is 13.2. The van der Waals surface area contributed by atoms with Gasteiger partial charge in [-0.1, -0.05) is 12.1 Å². The van der Waals surface area contributed by atoms with Crippen LogP contribution in [0.25, 0.3) is 10.2 Å². The zero-order valence-corrected chi connectivity index (χ0v) is 16.3. The van der Waals surface area contributed by atoms with Gasteiger partial charge in [-0.25, -0.2) is 18.2 Å². The number of benzene rings is 2. The molecule has 2 aromatic carbocycles. The molecule has 8 heteroatoms. The Morgan fingerprint density at radius 2 is 1.93 bits per heavy atom. The van der Waals surface area contributed by atoms with Crippen molar-refractivity contribution in [2.75, 3.05) is 13.7 Å². The zero-order valence-electron chi connectivity index (χ0n) is 14.7. The van der Waals surface area contributed by atoms with Crippen LogP contribution in [0.3, 0.4) is 0 Å². The highest BCUT2D eigenvalue weighted by Gasteiger charge is 2.37. The lowest BCUT2D eigenvalue weighted by atomic mass is 10.2. The SMILES string of the molecule is COC(=O)c1ccc(S(=O)(=O)N2CCCC2c2nc3ccccc3s2)cc1. The van der Waals surface area contributed by atoms with Crippen molar-refractivity contribution in [2.24, 2.45) is 0 Å². The fraction of sp³-hybridized carbons (Fsp3) is 0.263. The van der Waals surface area contributed by atoms with E-state index in [1.807, 2.05) is 24.3 Å². The molecule has 0 spiro atoms. The zero-order chi connectivity index (χ0) is 19.0. The maximum Gasteiger partial charge on any atom is 0.337 e. The van der Waals surface area contributed by atoms with Crippen LogP contribution in [0.5, 0.6) is 0 Å². The number of nitrogens with zero attached hydrogens (tertiary/aromatic N) is 2. The van der Waals surface area contributed by atoms with Crippen molar-refractivity contribution in [3.63, 3.8) is 0 Å². The molecule has 4 rings (SSSR count). The number of para-hydroxylation sites is 1. The number of sulfonamides is 1. The van der Waals surface area contributed by atoms with Crippen LogP contribution in [0.15, 0.2) is 53.4 Å². The summed E-state index contributed by atoms with van der Waals surface area (Å²) in [6, 6.07) is 13.4. The van der Waals surface area contributed by atoms with Crippen LogP contribution in [-0.4, -0.2) is 37.3 Å². The van der Waals surface area contributed by atoms with E-state index in [2.05, 4.69) is 9.72 Å². The molecular formula is C19H18N2O4S2. The van der Waals surface area contributed by atoms with E-state index in [1.54, 1.807) is 11.3 Å². The molecule has 1 saturated heterocycles. The molecule has 1 atom stereocenters. The summed E-state index contributed by atoms with van der Waals surface area (Å²) >= 11 is 1.54. The van der Waals surface area contributed by atoms with Gasteiger partial charge in [-0.15, -0.1) is 11.3 Å². The molecular weight excluding hydrogens is 384 g/mol. The summed E-state index contributed by atoms with van der Waals surface area (Å²) in [4.78, 5) is 16.4. The first-order valence-corrected chi connectivity index (χ1v) is 10.8. The van der Waals surface area contributed by atoms with Crippen molar-refractivity contribution >= 4 is 37.5 Å². The Hall–Kier alpha value is -2.29. The minimum absolute atomic E-state index is 0.170. The number of rotatable bonds is 4. The van der Waals surface area contributed by atoms with Gasteiger partial charge in [0.25, 0.3) is 0 Å². The van der Waals surface area contributed by atoms with Crippen LogP contribution in [0.2, 0.25) is 0 Å². The second kappa shape index (κ2) is 7.03. The quantitative estimate of drug-likeness (QED) is 0.623. The molecule has 0 aliphatic carbocycles. The van der Waals surface area contributed by atoms with Crippen LogP contribution in [0.1, 0.15) is 34.2 Å². The van der Waals surface area contributed by atoms with E-state index < -0.39 is 16.0 Å². The number of methoxy groups -OCH3 is 1. The Labute approximate surface area is 161 Å². The number of hydrogen-bond acceptors (Lipinski definition) is 6. The summed E-state index contributed by atoms with van der Waals surface area (Å²) in [7, 11) is -2.38. The van der Waals surface area contributed by atoms with Crippen molar-refractivity contribution in [1.29, 1.82) is 0 Å². The average molecular weight is 402 g/mol. The van der Waals surface area contributed by atoms with Crippen LogP contribution in [0, 0.1) is 0 Å². The highest BCUT2D eigenvalue weighted by Crippen LogP contribution is 2.39. The van der Waals surface area contributed by atoms with Gasteiger partial charge in [0.05, 0.1) is 33.8 Å². The van der Waals surface area contributed by atoms with Gasteiger partial charge in [-0.3, -0.25) is 0 Å². The highest BCUT2D eigenvalue weighted by atomic mass is 32.2. The van der Waals surface area contributed by atoms with Gasteiger partial charge in [0.1, 0.15) is 5.01 Å². The third-order valence-electron chi connectivity index (χ3n) is 4.68. The second-order valence-corrected chi connectivity index (χ2v) is 9.26. The molecule has 6 nitrogen and oxygen atoms in total. The largest absolute Gasteiger partial charge is 0.465 e. The normalized spacial score (nSPS) is 18.0. The van der Waals surface area contributed by atoms with Gasteiger partial charge in [-0.05, 0) is 49.2 Å². The van der Waals surface area contributed by atoms with Crippen LogP contribution in [0.4, 0.5) is 0 Å². The van der Waals surface area contributed by atoms with E-state index in [0.29, 0.717) is 12.1 Å². The number of aromatic nitrogens is 1. The minimum atomic E-state index is -3.67. The Bertz CT molecular complexity index is 1060. The van der Waals surface area contributed by atoms with Gasteiger partial charge >= 0.3 is 5.97 Å². The molecule has 1 aliphatic heterocycles. The summed E-state index contributed by atoms with van der Waals surface area (Å²) < 4.78 is 33.6. The third kappa shape index (κ3) is 3.24. The highest BCUT2D eigenvalue weighted by molar-refractivity contribution is 7.89. The predicted molar refractivity (Wildman–Crippen MR) is 103 cm³/mol. The van der Waals surface area contributed by atoms with E-state index in [1.165, 1.54) is 35.7 Å². The molecule has 0 saturated carbocycles. The Kier molecular flexibility index (Phi) is 4.71. The number of fused-ring (bicyclic) bond motifs is 1. The molecule has 1 aliphatic rings.